The Balaban J connectivity index is 1.15. The third-order valence-electron chi connectivity index (χ3n) is 8.51. The fraction of sp³-hybridized carbons (Fsp3) is 0.406. The van der Waals surface area contributed by atoms with Crippen LogP contribution in [0.2, 0.25) is 5.02 Å². The summed E-state index contributed by atoms with van der Waals surface area (Å²) in [6.07, 6.45) is 4.53. The molecule has 2 fully saturated rings. The number of rotatable bonds is 7. The Hall–Kier alpha value is -3.00. The van der Waals surface area contributed by atoms with Crippen LogP contribution in [0.3, 0.4) is 0 Å². The van der Waals surface area contributed by atoms with E-state index >= 15 is 0 Å². The molecule has 2 aromatic carbocycles. The second kappa shape index (κ2) is 12.0. The monoisotopic (exact) mass is 666 g/mol. The van der Waals surface area contributed by atoms with Crippen LogP contribution in [-0.4, -0.2) is 56.2 Å². The molecule has 0 radical (unpaired) electrons. The van der Waals surface area contributed by atoms with Gasteiger partial charge in [0.1, 0.15) is 33.4 Å². The lowest BCUT2D eigenvalue weighted by Crippen LogP contribution is -2.55. The first kappa shape index (κ1) is 30.6. The SMILES string of the molecule is CC(C)(C)[S+]([O-])N[C@@H]1c2ccccc2OC12CCN(c1nc(N)c(Sc3cccc(-c4ncco4)c3Cl)nc1C1COC1)CC2. The van der Waals surface area contributed by atoms with Gasteiger partial charge in [0.2, 0.25) is 5.89 Å². The number of fused-ring (bicyclic) bond motifs is 1. The van der Waals surface area contributed by atoms with E-state index in [-0.39, 0.29) is 12.0 Å². The van der Waals surface area contributed by atoms with E-state index in [9.17, 15) is 4.55 Å². The molecule has 5 heterocycles. The zero-order valence-electron chi connectivity index (χ0n) is 25.3. The first-order valence-corrected chi connectivity index (χ1v) is 17.3. The highest BCUT2D eigenvalue weighted by Crippen LogP contribution is 2.50. The molecule has 7 rings (SSSR count). The largest absolute Gasteiger partial charge is 0.598 e. The van der Waals surface area contributed by atoms with E-state index in [1.165, 1.54) is 18.0 Å². The number of benzene rings is 2. The summed E-state index contributed by atoms with van der Waals surface area (Å²) in [7, 11) is 0. The molecule has 3 aliphatic rings. The van der Waals surface area contributed by atoms with Crippen LogP contribution in [0.5, 0.6) is 5.75 Å². The van der Waals surface area contributed by atoms with Gasteiger partial charge in [-0.25, -0.2) is 15.0 Å². The van der Waals surface area contributed by atoms with Crippen molar-refractivity contribution in [2.24, 2.45) is 0 Å². The Morgan fingerprint density at radius 3 is 2.58 bits per heavy atom. The Bertz CT molecular complexity index is 1690. The second-order valence-electron chi connectivity index (χ2n) is 12.5. The van der Waals surface area contributed by atoms with Crippen LogP contribution in [0.1, 0.15) is 56.8 Å². The van der Waals surface area contributed by atoms with Crippen LogP contribution in [0.15, 0.2) is 69.3 Å². The van der Waals surface area contributed by atoms with Crippen LogP contribution in [0.4, 0.5) is 11.6 Å². The number of nitrogens with two attached hydrogens (primary N) is 1. The summed E-state index contributed by atoms with van der Waals surface area (Å²) in [5.74, 6) is 2.52. The number of aromatic nitrogens is 3. The number of nitrogens with one attached hydrogen (secondary N) is 1. The highest BCUT2D eigenvalue weighted by atomic mass is 35.5. The maximum Gasteiger partial charge on any atom is 0.227 e. The zero-order chi connectivity index (χ0) is 31.3. The molecule has 2 aromatic heterocycles. The highest BCUT2D eigenvalue weighted by molar-refractivity contribution is 7.99. The number of nitrogens with zero attached hydrogens (tertiary/aromatic N) is 4. The molecule has 0 saturated carbocycles. The van der Waals surface area contributed by atoms with Crippen molar-refractivity contribution in [2.45, 2.75) is 65.8 Å². The van der Waals surface area contributed by atoms with Gasteiger partial charge in [0.15, 0.2) is 11.6 Å². The van der Waals surface area contributed by atoms with Crippen molar-refractivity contribution in [3.8, 4) is 17.2 Å². The lowest BCUT2D eigenvalue weighted by Gasteiger charge is -2.43. The van der Waals surface area contributed by atoms with E-state index < -0.39 is 21.7 Å². The van der Waals surface area contributed by atoms with Gasteiger partial charge in [0.05, 0.1) is 41.6 Å². The molecular weight excluding hydrogens is 632 g/mol. The van der Waals surface area contributed by atoms with Crippen molar-refractivity contribution < 1.29 is 18.4 Å². The Kier molecular flexibility index (Phi) is 8.16. The Labute approximate surface area is 274 Å². The van der Waals surface area contributed by atoms with Crippen molar-refractivity contribution in [3.63, 3.8) is 0 Å². The third-order valence-corrected chi connectivity index (χ3v) is 11.6. The molecule has 2 atom stereocenters. The predicted octanol–water partition coefficient (Wildman–Crippen LogP) is 6.16. The summed E-state index contributed by atoms with van der Waals surface area (Å²) in [5.41, 5.74) is 8.67. The van der Waals surface area contributed by atoms with Gasteiger partial charge in [-0.3, -0.25) is 0 Å². The molecule has 0 aliphatic carbocycles. The number of hydrogen-bond donors (Lipinski definition) is 2. The quantitative estimate of drug-likeness (QED) is 0.220. The third kappa shape index (κ3) is 5.77. The number of oxazole rings is 1. The van der Waals surface area contributed by atoms with Crippen molar-refractivity contribution in [3.05, 3.63) is 71.2 Å². The van der Waals surface area contributed by atoms with Gasteiger partial charge in [-0.2, -0.15) is 0 Å². The van der Waals surface area contributed by atoms with Gasteiger partial charge >= 0.3 is 0 Å². The van der Waals surface area contributed by atoms with E-state index in [0.717, 1.165) is 27.7 Å². The summed E-state index contributed by atoms with van der Waals surface area (Å²) in [5, 5.41) is 1.10. The summed E-state index contributed by atoms with van der Waals surface area (Å²) in [6.45, 7) is 8.45. The molecule has 45 heavy (non-hydrogen) atoms. The highest BCUT2D eigenvalue weighted by Gasteiger charge is 2.53. The van der Waals surface area contributed by atoms with Crippen LogP contribution >= 0.6 is 23.4 Å². The standard InChI is InChI=1S/C32H35ClN6O4S2/c1-31(2,3)45(40)38-26-20-7-4-5-9-22(20)43-32(26)11-14-39(15-12-32)28-25(19-17-41-18-19)36-30(27(34)37-28)44-23-10-6-8-21(24(23)33)29-35-13-16-42-29/h4-10,13,16,19,26,38H,11-12,14-15,17-18H2,1-3H3,(H2,34,37)/t26-,45?/m1/s1. The van der Waals surface area contributed by atoms with Crippen molar-refractivity contribution in [1.82, 2.24) is 19.7 Å². The van der Waals surface area contributed by atoms with E-state index in [4.69, 9.17) is 41.2 Å². The molecule has 1 spiro atoms. The van der Waals surface area contributed by atoms with Crippen LogP contribution in [0.25, 0.3) is 11.5 Å². The first-order chi connectivity index (χ1) is 21.6. The van der Waals surface area contributed by atoms with Crippen molar-refractivity contribution in [1.29, 1.82) is 0 Å². The predicted molar refractivity (Wildman–Crippen MR) is 176 cm³/mol. The molecule has 236 valence electrons. The van der Waals surface area contributed by atoms with E-state index in [1.807, 2.05) is 57.2 Å². The average Bonchev–Trinajstić information content (AvgIpc) is 3.62. The van der Waals surface area contributed by atoms with Gasteiger partial charge in [0.25, 0.3) is 0 Å². The summed E-state index contributed by atoms with van der Waals surface area (Å²) >= 11 is 6.89. The molecule has 3 aliphatic heterocycles. The lowest BCUT2D eigenvalue weighted by molar-refractivity contribution is 0.00628. The van der Waals surface area contributed by atoms with Crippen molar-refractivity contribution in [2.75, 3.05) is 36.9 Å². The van der Waals surface area contributed by atoms with Gasteiger partial charge in [0, 0.05) is 47.8 Å². The lowest BCUT2D eigenvalue weighted by atomic mass is 9.83. The van der Waals surface area contributed by atoms with Gasteiger partial charge in [-0.15, -0.1) is 4.72 Å². The first-order valence-electron chi connectivity index (χ1n) is 15.0. The topological polar surface area (TPSA) is 135 Å². The van der Waals surface area contributed by atoms with E-state index in [2.05, 4.69) is 20.7 Å². The molecule has 10 nitrogen and oxygen atoms in total. The summed E-state index contributed by atoms with van der Waals surface area (Å²) < 4.78 is 34.0. The fourth-order valence-electron chi connectivity index (χ4n) is 5.94. The minimum Gasteiger partial charge on any atom is -0.598 e. The summed E-state index contributed by atoms with van der Waals surface area (Å²) in [6, 6.07) is 13.5. The number of hydrogen-bond acceptors (Lipinski definition) is 11. The summed E-state index contributed by atoms with van der Waals surface area (Å²) in [4.78, 5) is 17.3. The molecule has 1 unspecified atom stereocenters. The molecule has 0 amide bonds. The number of para-hydroxylation sites is 1. The molecule has 4 aromatic rings. The number of ether oxygens (including phenoxy) is 2. The number of anilines is 2. The normalized spacial score (nSPS) is 20.1. The fourth-order valence-corrected chi connectivity index (χ4v) is 8.02. The minimum absolute atomic E-state index is 0.119. The molecule has 13 heteroatoms. The molecule has 2 saturated heterocycles. The van der Waals surface area contributed by atoms with Crippen LogP contribution in [0, 0.1) is 0 Å². The second-order valence-corrected chi connectivity index (χ2v) is 15.9. The van der Waals surface area contributed by atoms with Crippen molar-refractivity contribution >= 4 is 46.4 Å². The molecule has 0 bridgehead atoms. The van der Waals surface area contributed by atoms with Crippen LogP contribution < -0.4 is 20.1 Å². The number of halogens is 1. The maximum absolute atomic E-state index is 13.3. The van der Waals surface area contributed by atoms with Gasteiger partial charge in [-0.1, -0.05) is 47.6 Å². The molecule has 3 N–H and O–H groups in total. The number of piperidine rings is 1. The minimum atomic E-state index is -1.26. The Morgan fingerprint density at radius 1 is 1.11 bits per heavy atom. The average molecular weight is 667 g/mol. The zero-order valence-corrected chi connectivity index (χ0v) is 27.7. The van der Waals surface area contributed by atoms with E-state index in [0.29, 0.717) is 66.5 Å². The Morgan fingerprint density at radius 2 is 1.89 bits per heavy atom. The maximum atomic E-state index is 13.3. The van der Waals surface area contributed by atoms with Crippen LogP contribution in [-0.2, 0) is 16.1 Å². The molecular formula is C32H35ClN6O4S2. The van der Waals surface area contributed by atoms with E-state index in [1.54, 1.807) is 6.20 Å². The smallest absolute Gasteiger partial charge is 0.227 e. The number of nitrogen functional groups attached to an aromatic ring is 1. The van der Waals surface area contributed by atoms with Gasteiger partial charge < -0.3 is 29.1 Å². The van der Waals surface area contributed by atoms with Gasteiger partial charge in [-0.05, 0) is 39.0 Å².